The van der Waals surface area contributed by atoms with Crippen LogP contribution in [0.5, 0.6) is 0 Å². The van der Waals surface area contributed by atoms with Crippen LogP contribution in [0.15, 0.2) is 35.4 Å². The van der Waals surface area contributed by atoms with Crippen LogP contribution in [0.4, 0.5) is 4.39 Å². The van der Waals surface area contributed by atoms with E-state index in [1.165, 1.54) is 35.0 Å². The zero-order valence-corrected chi connectivity index (χ0v) is 16.7. The molecule has 1 aromatic carbocycles. The number of imidazole rings is 1. The number of aryl methyl sites for hydroxylation is 1. The van der Waals surface area contributed by atoms with Crippen LogP contribution in [0.25, 0.3) is 5.65 Å². The lowest BCUT2D eigenvalue weighted by molar-refractivity contribution is 0.0962. The number of aromatic amines is 1. The number of benzene rings is 1. The van der Waals surface area contributed by atoms with Crippen molar-refractivity contribution >= 4 is 11.4 Å². The third-order valence-electron chi connectivity index (χ3n) is 5.80. The van der Waals surface area contributed by atoms with Crippen LogP contribution in [0.1, 0.15) is 40.2 Å². The zero-order chi connectivity index (χ0) is 21.3. The smallest absolute Gasteiger partial charge is 0.262 e. The standard InChI is InChI=1S/C22H22FN5O2/c1-14-18(22(30)28-13-25-19(11-24)21(28)26-14)7-9-27-8-6-15(12-27)10-20(29)16-2-4-17(23)5-3-16/h2-5,13,15,26H,6-10,12H2,1H3. The van der Waals surface area contributed by atoms with Gasteiger partial charge in [0.05, 0.1) is 0 Å². The fourth-order valence-electron chi connectivity index (χ4n) is 4.13. The lowest BCUT2D eigenvalue weighted by atomic mass is 9.97. The molecule has 1 unspecified atom stereocenters. The van der Waals surface area contributed by atoms with E-state index in [4.69, 9.17) is 5.26 Å². The molecule has 154 valence electrons. The zero-order valence-electron chi connectivity index (χ0n) is 16.7. The summed E-state index contributed by atoms with van der Waals surface area (Å²) in [6, 6.07) is 7.66. The Bertz CT molecular complexity index is 1190. The lowest BCUT2D eigenvalue weighted by Crippen LogP contribution is -2.28. The Morgan fingerprint density at radius 1 is 1.37 bits per heavy atom. The van der Waals surface area contributed by atoms with Crippen LogP contribution in [0.2, 0.25) is 0 Å². The summed E-state index contributed by atoms with van der Waals surface area (Å²) in [4.78, 5) is 34.6. The summed E-state index contributed by atoms with van der Waals surface area (Å²) in [7, 11) is 0. The fraction of sp³-hybridized carbons (Fsp3) is 0.364. The van der Waals surface area contributed by atoms with Gasteiger partial charge in [0.1, 0.15) is 18.2 Å². The summed E-state index contributed by atoms with van der Waals surface area (Å²) < 4.78 is 14.4. The Balaban J connectivity index is 1.37. The number of nitrogens with one attached hydrogen (secondary N) is 1. The van der Waals surface area contributed by atoms with Gasteiger partial charge in [0, 0.05) is 36.3 Å². The van der Waals surface area contributed by atoms with Gasteiger partial charge in [-0.1, -0.05) is 0 Å². The molecule has 1 N–H and O–H groups in total. The van der Waals surface area contributed by atoms with Gasteiger partial charge in [-0.15, -0.1) is 0 Å². The maximum Gasteiger partial charge on any atom is 0.262 e. The molecule has 0 amide bonds. The van der Waals surface area contributed by atoms with Crippen LogP contribution < -0.4 is 5.56 Å². The van der Waals surface area contributed by atoms with Gasteiger partial charge in [0.25, 0.3) is 5.56 Å². The topological polar surface area (TPSA) is 94.3 Å². The van der Waals surface area contributed by atoms with E-state index < -0.39 is 0 Å². The third kappa shape index (κ3) is 3.89. The largest absolute Gasteiger partial charge is 0.342 e. The molecule has 0 radical (unpaired) electrons. The minimum atomic E-state index is -0.346. The van der Waals surface area contributed by atoms with E-state index in [0.717, 1.165) is 31.7 Å². The summed E-state index contributed by atoms with van der Waals surface area (Å²) >= 11 is 0. The van der Waals surface area contributed by atoms with E-state index in [1.807, 2.05) is 13.0 Å². The Kier molecular flexibility index (Phi) is 5.46. The van der Waals surface area contributed by atoms with Crippen molar-refractivity contribution in [2.45, 2.75) is 26.2 Å². The number of fused-ring (bicyclic) bond motifs is 1. The molecule has 4 rings (SSSR count). The number of nitriles is 1. The minimum Gasteiger partial charge on any atom is -0.342 e. The number of carbonyl (C=O) groups is 1. The van der Waals surface area contributed by atoms with Crippen molar-refractivity contribution in [1.29, 1.82) is 5.26 Å². The van der Waals surface area contributed by atoms with Gasteiger partial charge in [0.15, 0.2) is 17.1 Å². The molecule has 8 heteroatoms. The van der Waals surface area contributed by atoms with Crippen molar-refractivity contribution in [1.82, 2.24) is 19.3 Å². The first kappa shape index (κ1) is 20.0. The quantitative estimate of drug-likeness (QED) is 0.634. The number of hydrogen-bond acceptors (Lipinski definition) is 5. The first-order chi connectivity index (χ1) is 14.5. The van der Waals surface area contributed by atoms with Crippen LogP contribution in [0, 0.1) is 30.0 Å². The van der Waals surface area contributed by atoms with Crippen molar-refractivity contribution in [3.8, 4) is 6.07 Å². The molecule has 0 saturated carbocycles. The van der Waals surface area contributed by atoms with Gasteiger partial charge in [-0.25, -0.2) is 13.8 Å². The summed E-state index contributed by atoms with van der Waals surface area (Å²) in [5, 5.41) is 9.10. The van der Waals surface area contributed by atoms with E-state index in [0.29, 0.717) is 29.6 Å². The van der Waals surface area contributed by atoms with E-state index in [-0.39, 0.29) is 28.8 Å². The number of carbonyl (C=O) groups excluding carboxylic acids is 1. The summed E-state index contributed by atoms with van der Waals surface area (Å²) in [6.45, 7) is 4.23. The highest BCUT2D eigenvalue weighted by Crippen LogP contribution is 2.22. The molecular formula is C22H22FN5O2. The molecule has 2 aromatic heterocycles. The number of hydrogen-bond donors (Lipinski definition) is 1. The van der Waals surface area contributed by atoms with Crippen molar-refractivity contribution in [3.63, 3.8) is 0 Å². The second-order valence-electron chi connectivity index (χ2n) is 7.80. The molecule has 1 aliphatic heterocycles. The monoisotopic (exact) mass is 407 g/mol. The summed E-state index contributed by atoms with van der Waals surface area (Å²) in [5.74, 6) is -0.0501. The van der Waals surface area contributed by atoms with Crippen LogP contribution >= 0.6 is 0 Å². The Morgan fingerprint density at radius 3 is 2.87 bits per heavy atom. The van der Waals surface area contributed by atoms with Gasteiger partial charge in [-0.05, 0) is 56.5 Å². The predicted molar refractivity (Wildman–Crippen MR) is 109 cm³/mol. The second kappa shape index (κ2) is 8.20. The maximum absolute atomic E-state index is 13.0. The average molecular weight is 407 g/mol. The van der Waals surface area contributed by atoms with Crippen molar-refractivity contribution in [3.05, 3.63) is 69.3 Å². The number of H-pyrrole nitrogens is 1. The molecule has 0 aliphatic carbocycles. The number of Topliss-reactive ketones (excluding diaryl/α,β-unsaturated/α-hetero) is 1. The highest BCUT2D eigenvalue weighted by molar-refractivity contribution is 5.96. The third-order valence-corrected chi connectivity index (χ3v) is 5.80. The molecule has 0 bridgehead atoms. The molecular weight excluding hydrogens is 385 g/mol. The highest BCUT2D eigenvalue weighted by Gasteiger charge is 2.25. The van der Waals surface area contributed by atoms with Gasteiger partial charge < -0.3 is 9.88 Å². The SMILES string of the molecule is Cc1[nH]c2c(C#N)ncn2c(=O)c1CCN1CCC(CC(=O)c2ccc(F)cc2)C1. The van der Waals surface area contributed by atoms with E-state index in [2.05, 4.69) is 14.9 Å². The van der Waals surface area contributed by atoms with Crippen molar-refractivity contribution in [2.75, 3.05) is 19.6 Å². The summed E-state index contributed by atoms with van der Waals surface area (Å²) in [5.41, 5.74) is 2.43. The van der Waals surface area contributed by atoms with E-state index in [1.54, 1.807) is 0 Å². The number of nitrogens with zero attached hydrogens (tertiary/aromatic N) is 4. The first-order valence-electron chi connectivity index (χ1n) is 9.96. The molecule has 7 nitrogen and oxygen atoms in total. The predicted octanol–water partition coefficient (Wildman–Crippen LogP) is 2.48. The second-order valence-corrected chi connectivity index (χ2v) is 7.80. The fourth-order valence-corrected chi connectivity index (χ4v) is 4.13. The molecule has 1 aliphatic rings. The summed E-state index contributed by atoms with van der Waals surface area (Å²) in [6.07, 6.45) is 3.33. The van der Waals surface area contributed by atoms with E-state index >= 15 is 0 Å². The number of ketones is 1. The normalized spacial score (nSPS) is 16.8. The highest BCUT2D eigenvalue weighted by atomic mass is 19.1. The molecule has 0 spiro atoms. The average Bonchev–Trinajstić information content (AvgIpc) is 3.35. The molecule has 30 heavy (non-hydrogen) atoms. The van der Waals surface area contributed by atoms with Gasteiger partial charge in [0.2, 0.25) is 0 Å². The molecule has 3 aromatic rings. The minimum absolute atomic E-state index is 0.0352. The van der Waals surface area contributed by atoms with Gasteiger partial charge >= 0.3 is 0 Å². The van der Waals surface area contributed by atoms with Crippen molar-refractivity contribution in [2.24, 2.45) is 5.92 Å². The number of halogens is 1. The Labute approximate surface area is 172 Å². The van der Waals surface area contributed by atoms with Crippen molar-refractivity contribution < 1.29 is 9.18 Å². The van der Waals surface area contributed by atoms with E-state index in [9.17, 15) is 14.0 Å². The Hall–Kier alpha value is -3.31. The molecule has 3 heterocycles. The van der Waals surface area contributed by atoms with Gasteiger partial charge in [-0.3, -0.25) is 9.59 Å². The van der Waals surface area contributed by atoms with Gasteiger partial charge in [-0.2, -0.15) is 5.26 Å². The first-order valence-corrected chi connectivity index (χ1v) is 9.96. The lowest BCUT2D eigenvalue weighted by Gasteiger charge is -2.16. The van der Waals surface area contributed by atoms with Crippen LogP contribution in [-0.2, 0) is 6.42 Å². The number of rotatable bonds is 6. The number of aromatic nitrogens is 3. The number of likely N-dealkylation sites (tertiary alicyclic amines) is 1. The van der Waals surface area contributed by atoms with Crippen LogP contribution in [-0.4, -0.2) is 44.7 Å². The molecule has 1 fully saturated rings. The maximum atomic E-state index is 13.0. The Morgan fingerprint density at radius 2 is 2.13 bits per heavy atom. The molecule has 1 saturated heterocycles. The molecule has 1 atom stereocenters. The van der Waals surface area contributed by atoms with Crippen LogP contribution in [0.3, 0.4) is 0 Å².